The van der Waals surface area contributed by atoms with Crippen LogP contribution in [0.5, 0.6) is 0 Å². The first-order chi connectivity index (χ1) is 6.72. The van der Waals surface area contributed by atoms with Crippen LogP contribution in [0.2, 0.25) is 0 Å². The first kappa shape index (κ1) is 11.4. The molecular weight excluding hydrogens is 264 g/mol. The zero-order chi connectivity index (χ0) is 10.4. The second-order valence-corrected chi connectivity index (χ2v) is 4.73. The lowest BCUT2D eigenvalue weighted by molar-refractivity contribution is 0.317. The third kappa shape index (κ3) is 4.02. The van der Waals surface area contributed by atoms with Crippen LogP contribution < -0.4 is 5.73 Å². The summed E-state index contributed by atoms with van der Waals surface area (Å²) in [6, 6.07) is 8.03. The lowest BCUT2D eigenvalue weighted by Gasteiger charge is -2.00. The zero-order valence-corrected chi connectivity index (χ0v) is 9.88. The molecular formula is C9H11BrN2OS. The molecule has 0 unspecified atom stereocenters. The number of hydrogen-bond donors (Lipinski definition) is 2. The fourth-order valence-corrected chi connectivity index (χ4v) is 2.36. The minimum Gasteiger partial charge on any atom is -0.409 e. The average molecular weight is 275 g/mol. The Morgan fingerprint density at radius 1 is 1.57 bits per heavy atom. The molecule has 0 aliphatic heterocycles. The monoisotopic (exact) mass is 274 g/mol. The van der Waals surface area contributed by atoms with Gasteiger partial charge in [0.25, 0.3) is 0 Å². The van der Waals surface area contributed by atoms with Gasteiger partial charge in [-0.15, -0.1) is 11.8 Å². The number of nitrogens with two attached hydrogens (primary N) is 1. The van der Waals surface area contributed by atoms with Crippen LogP contribution >= 0.6 is 27.7 Å². The van der Waals surface area contributed by atoms with Gasteiger partial charge < -0.3 is 10.9 Å². The Morgan fingerprint density at radius 3 is 3.00 bits per heavy atom. The van der Waals surface area contributed by atoms with Crippen molar-refractivity contribution < 1.29 is 5.21 Å². The van der Waals surface area contributed by atoms with Crippen LogP contribution in [-0.2, 0) is 0 Å². The first-order valence-corrected chi connectivity index (χ1v) is 5.85. The van der Waals surface area contributed by atoms with Crippen molar-refractivity contribution in [2.24, 2.45) is 10.9 Å². The highest BCUT2D eigenvalue weighted by molar-refractivity contribution is 9.10. The second-order valence-electron chi connectivity index (χ2n) is 2.65. The van der Waals surface area contributed by atoms with E-state index >= 15 is 0 Å². The van der Waals surface area contributed by atoms with Crippen LogP contribution in [0, 0.1) is 0 Å². The van der Waals surface area contributed by atoms with Crippen molar-refractivity contribution in [2.75, 3.05) is 5.75 Å². The van der Waals surface area contributed by atoms with Gasteiger partial charge in [0.05, 0.1) is 0 Å². The molecule has 0 saturated heterocycles. The van der Waals surface area contributed by atoms with Gasteiger partial charge in [-0.1, -0.05) is 27.2 Å². The Morgan fingerprint density at radius 2 is 2.36 bits per heavy atom. The van der Waals surface area contributed by atoms with Crippen LogP contribution in [0.3, 0.4) is 0 Å². The molecule has 0 bridgehead atoms. The van der Waals surface area contributed by atoms with Crippen LogP contribution in [0.15, 0.2) is 38.8 Å². The van der Waals surface area contributed by atoms with Crippen molar-refractivity contribution in [3.05, 3.63) is 28.7 Å². The van der Waals surface area contributed by atoms with Crippen molar-refractivity contribution in [1.82, 2.24) is 0 Å². The zero-order valence-electron chi connectivity index (χ0n) is 7.48. The fraction of sp³-hybridized carbons (Fsp3) is 0.222. The molecule has 5 heteroatoms. The third-order valence-electron chi connectivity index (χ3n) is 1.55. The summed E-state index contributed by atoms with van der Waals surface area (Å²) in [5, 5.41) is 11.2. The molecule has 0 aliphatic carbocycles. The van der Waals surface area contributed by atoms with Gasteiger partial charge in [-0.2, -0.15) is 0 Å². The number of nitrogens with zero attached hydrogens (tertiary/aromatic N) is 1. The molecule has 76 valence electrons. The number of thioether (sulfide) groups is 1. The topological polar surface area (TPSA) is 58.6 Å². The van der Waals surface area contributed by atoms with Crippen LogP contribution in [-0.4, -0.2) is 16.8 Å². The molecule has 3 nitrogen and oxygen atoms in total. The fourth-order valence-electron chi connectivity index (χ4n) is 0.880. The SMILES string of the molecule is NC(CCSc1cccc(Br)c1)=NO. The van der Waals surface area contributed by atoms with Crippen LogP contribution in [0.1, 0.15) is 6.42 Å². The maximum absolute atomic E-state index is 8.32. The van der Waals surface area contributed by atoms with Crippen molar-refractivity contribution in [1.29, 1.82) is 0 Å². The Bertz CT molecular complexity index is 330. The lowest BCUT2D eigenvalue weighted by Crippen LogP contribution is -2.11. The van der Waals surface area contributed by atoms with Gasteiger partial charge in [0.15, 0.2) is 0 Å². The van der Waals surface area contributed by atoms with Crippen LogP contribution in [0.25, 0.3) is 0 Å². The molecule has 0 aromatic heterocycles. The summed E-state index contributed by atoms with van der Waals surface area (Å²) in [6.07, 6.45) is 0.591. The summed E-state index contributed by atoms with van der Waals surface area (Å²) >= 11 is 5.07. The molecule has 1 aromatic carbocycles. The minimum atomic E-state index is 0.271. The van der Waals surface area contributed by atoms with E-state index < -0.39 is 0 Å². The highest BCUT2D eigenvalue weighted by Gasteiger charge is 1.97. The highest BCUT2D eigenvalue weighted by atomic mass is 79.9. The standard InChI is InChI=1S/C9H11BrN2OS/c10-7-2-1-3-8(6-7)14-5-4-9(11)12-13/h1-3,6,13H,4-5H2,(H2,11,12). The van der Waals surface area contributed by atoms with Gasteiger partial charge >= 0.3 is 0 Å². The minimum absolute atomic E-state index is 0.271. The van der Waals surface area contributed by atoms with Crippen molar-refractivity contribution in [2.45, 2.75) is 11.3 Å². The van der Waals surface area contributed by atoms with Gasteiger partial charge in [-0.05, 0) is 18.2 Å². The molecule has 0 fully saturated rings. The molecule has 0 heterocycles. The molecule has 1 aromatic rings. The van der Waals surface area contributed by atoms with E-state index in [1.165, 1.54) is 4.90 Å². The highest BCUT2D eigenvalue weighted by Crippen LogP contribution is 2.22. The Labute approximate surface area is 95.5 Å². The second kappa shape index (κ2) is 5.93. The lowest BCUT2D eigenvalue weighted by atomic mass is 10.4. The molecule has 0 saturated carbocycles. The molecule has 0 aliphatic rings. The number of oxime groups is 1. The maximum atomic E-state index is 8.32. The van der Waals surface area contributed by atoms with Gasteiger partial charge in [-0.25, -0.2) is 0 Å². The van der Waals surface area contributed by atoms with E-state index in [0.717, 1.165) is 10.2 Å². The smallest absolute Gasteiger partial charge is 0.139 e. The van der Waals surface area contributed by atoms with E-state index in [1.54, 1.807) is 11.8 Å². The predicted octanol–water partition coefficient (Wildman–Crippen LogP) is 2.68. The summed E-state index contributed by atoms with van der Waals surface area (Å²) in [5.41, 5.74) is 5.34. The van der Waals surface area contributed by atoms with Gasteiger partial charge in [0.1, 0.15) is 5.84 Å². The van der Waals surface area contributed by atoms with Crippen LogP contribution in [0.4, 0.5) is 0 Å². The van der Waals surface area contributed by atoms with E-state index in [2.05, 4.69) is 21.1 Å². The number of benzene rings is 1. The van der Waals surface area contributed by atoms with E-state index in [-0.39, 0.29) is 5.84 Å². The average Bonchev–Trinajstić information content (AvgIpc) is 2.17. The molecule has 0 amide bonds. The molecule has 0 atom stereocenters. The molecule has 0 radical (unpaired) electrons. The number of halogens is 1. The van der Waals surface area contributed by atoms with E-state index in [4.69, 9.17) is 10.9 Å². The van der Waals surface area contributed by atoms with Gasteiger partial charge in [0, 0.05) is 21.5 Å². The molecule has 3 N–H and O–H groups in total. The van der Waals surface area contributed by atoms with Gasteiger partial charge in [0.2, 0.25) is 0 Å². The largest absolute Gasteiger partial charge is 0.409 e. The third-order valence-corrected chi connectivity index (χ3v) is 3.04. The van der Waals surface area contributed by atoms with Gasteiger partial charge in [-0.3, -0.25) is 0 Å². The van der Waals surface area contributed by atoms with E-state index in [9.17, 15) is 0 Å². The van der Waals surface area contributed by atoms with E-state index in [1.807, 2.05) is 24.3 Å². The summed E-state index contributed by atoms with van der Waals surface area (Å²) in [5.74, 6) is 1.08. The molecule has 0 spiro atoms. The first-order valence-electron chi connectivity index (χ1n) is 4.07. The van der Waals surface area contributed by atoms with Crippen molar-refractivity contribution in [3.8, 4) is 0 Å². The Balaban J connectivity index is 2.39. The normalized spacial score (nSPS) is 11.6. The molecule has 14 heavy (non-hydrogen) atoms. The maximum Gasteiger partial charge on any atom is 0.139 e. The Kier molecular flexibility index (Phi) is 4.82. The Hall–Kier alpha value is -0.680. The van der Waals surface area contributed by atoms with Crippen molar-refractivity contribution in [3.63, 3.8) is 0 Å². The number of hydrogen-bond acceptors (Lipinski definition) is 3. The number of rotatable bonds is 4. The molecule has 1 rings (SSSR count). The van der Waals surface area contributed by atoms with Crippen molar-refractivity contribution >= 4 is 33.5 Å². The summed E-state index contributed by atoms with van der Waals surface area (Å²) in [7, 11) is 0. The summed E-state index contributed by atoms with van der Waals surface area (Å²) in [6.45, 7) is 0. The quantitative estimate of drug-likeness (QED) is 0.292. The predicted molar refractivity (Wildman–Crippen MR) is 62.9 cm³/mol. The summed E-state index contributed by atoms with van der Waals surface area (Å²) < 4.78 is 1.06. The summed E-state index contributed by atoms with van der Waals surface area (Å²) in [4.78, 5) is 1.17. The number of amidine groups is 1. The van der Waals surface area contributed by atoms with E-state index in [0.29, 0.717) is 6.42 Å².